The molecule has 1 N–H and O–H groups in total. The molecule has 1 amide bonds. The smallest absolute Gasteiger partial charge is 0.436 e. The molecule has 3 rings (SSSR count). The van der Waals surface area contributed by atoms with Gasteiger partial charge >= 0.3 is 18.2 Å². The van der Waals surface area contributed by atoms with Crippen LogP contribution in [0.25, 0.3) is 5.65 Å². The van der Waals surface area contributed by atoms with E-state index in [1.54, 1.807) is 27.7 Å². The summed E-state index contributed by atoms with van der Waals surface area (Å²) in [5.41, 5.74) is -3.68. The maximum Gasteiger partial charge on any atom is 0.436 e. The fourth-order valence-corrected chi connectivity index (χ4v) is 3.70. The molecule has 12 heteroatoms. The fraction of sp³-hybridized carbons (Fsp3) is 0.619. The van der Waals surface area contributed by atoms with Crippen LogP contribution < -0.4 is 5.56 Å². The number of hydrogen-bond acceptors (Lipinski definition) is 6. The monoisotopic (exact) mass is 472 g/mol. The largest absolute Gasteiger partial charge is 0.462 e. The van der Waals surface area contributed by atoms with Crippen molar-refractivity contribution in [3.63, 3.8) is 0 Å². The lowest BCUT2D eigenvalue weighted by Gasteiger charge is -2.33. The molecule has 0 aliphatic carbocycles. The van der Waals surface area contributed by atoms with Crippen LogP contribution in [0.2, 0.25) is 0 Å². The van der Waals surface area contributed by atoms with Crippen molar-refractivity contribution in [2.45, 2.75) is 64.7 Å². The minimum Gasteiger partial charge on any atom is -0.462 e. The Morgan fingerprint density at radius 2 is 1.85 bits per heavy atom. The van der Waals surface area contributed by atoms with Crippen molar-refractivity contribution >= 4 is 17.7 Å². The first kappa shape index (κ1) is 24.6. The number of nitrogens with one attached hydrogen (secondary N) is 1. The number of hydrogen-bond donors (Lipinski definition) is 1. The molecule has 3 heterocycles. The number of likely N-dealkylation sites (tertiary alicyclic amines) is 1. The average molecular weight is 472 g/mol. The number of esters is 1. The standard InChI is InChI=1S/C21H27F3N4O5/c1-5-10-32-18(30)15-16(21(22,23)24)26-28-13(11-14(29)25-17(15)28)12-6-8-27(9-7-12)19(31)33-20(2,3)4/h11-12H,5-10H2,1-4H3,(H,25,29). The molecule has 0 bridgehead atoms. The summed E-state index contributed by atoms with van der Waals surface area (Å²) in [5.74, 6) is -1.55. The van der Waals surface area contributed by atoms with Crippen molar-refractivity contribution in [1.82, 2.24) is 19.5 Å². The minimum atomic E-state index is -4.93. The van der Waals surface area contributed by atoms with Crippen molar-refractivity contribution in [2.75, 3.05) is 19.7 Å². The zero-order chi connectivity index (χ0) is 24.6. The highest BCUT2D eigenvalue weighted by Gasteiger charge is 2.42. The summed E-state index contributed by atoms with van der Waals surface area (Å²) in [6, 6.07) is 1.18. The van der Waals surface area contributed by atoms with E-state index in [1.807, 2.05) is 0 Å². The molecule has 1 aliphatic heterocycles. The number of carbonyl (C=O) groups excluding carboxylic acids is 2. The maximum absolute atomic E-state index is 13.7. The number of aromatic amines is 1. The van der Waals surface area contributed by atoms with Crippen molar-refractivity contribution in [1.29, 1.82) is 0 Å². The first-order valence-electron chi connectivity index (χ1n) is 10.7. The summed E-state index contributed by atoms with van der Waals surface area (Å²) in [6.45, 7) is 7.49. The summed E-state index contributed by atoms with van der Waals surface area (Å²) in [5, 5.41) is 3.65. The third-order valence-electron chi connectivity index (χ3n) is 5.13. The lowest BCUT2D eigenvalue weighted by Crippen LogP contribution is -2.41. The van der Waals surface area contributed by atoms with Gasteiger partial charge in [-0.2, -0.15) is 18.3 Å². The van der Waals surface area contributed by atoms with Crippen LogP contribution in [0.5, 0.6) is 0 Å². The Balaban J connectivity index is 1.97. The zero-order valence-corrected chi connectivity index (χ0v) is 18.9. The number of ether oxygens (including phenoxy) is 2. The Hall–Kier alpha value is -3.05. The first-order chi connectivity index (χ1) is 15.3. The van der Waals surface area contributed by atoms with Crippen LogP contribution in [0.4, 0.5) is 18.0 Å². The fourth-order valence-electron chi connectivity index (χ4n) is 3.70. The van der Waals surface area contributed by atoms with E-state index >= 15 is 0 Å². The number of fused-ring (bicyclic) bond motifs is 1. The second kappa shape index (κ2) is 9.06. The van der Waals surface area contributed by atoms with Gasteiger partial charge in [-0.3, -0.25) is 4.79 Å². The molecule has 0 saturated carbocycles. The molecule has 0 spiro atoms. The second-order valence-corrected chi connectivity index (χ2v) is 8.92. The Morgan fingerprint density at radius 3 is 2.39 bits per heavy atom. The topological polar surface area (TPSA) is 106 Å². The summed E-state index contributed by atoms with van der Waals surface area (Å²) >= 11 is 0. The Labute approximate surface area is 187 Å². The Kier molecular flexibility index (Phi) is 6.75. The SMILES string of the molecule is CCCOC(=O)c1c(C(F)(F)F)nn2c(C3CCN(C(=O)OC(C)(C)C)CC3)cc(=O)[nH]c12. The predicted octanol–water partition coefficient (Wildman–Crippen LogP) is 3.72. The van der Waals surface area contributed by atoms with E-state index in [0.29, 0.717) is 32.4 Å². The van der Waals surface area contributed by atoms with Crippen LogP contribution in [0, 0.1) is 0 Å². The van der Waals surface area contributed by atoms with Crippen LogP contribution in [-0.2, 0) is 15.7 Å². The number of nitrogens with zero attached hydrogens (tertiary/aromatic N) is 3. The molecule has 1 aliphatic rings. The number of rotatable bonds is 4. The Bertz CT molecular complexity index is 1090. The van der Waals surface area contributed by atoms with Gasteiger partial charge in [0.15, 0.2) is 11.3 Å². The van der Waals surface area contributed by atoms with Crippen molar-refractivity contribution in [3.05, 3.63) is 33.4 Å². The number of piperidine rings is 1. The predicted molar refractivity (Wildman–Crippen MR) is 111 cm³/mol. The molecule has 0 radical (unpaired) electrons. The van der Waals surface area contributed by atoms with Gasteiger partial charge in [-0.15, -0.1) is 0 Å². The van der Waals surface area contributed by atoms with E-state index in [2.05, 4.69) is 10.1 Å². The highest BCUT2D eigenvalue weighted by Crippen LogP contribution is 2.35. The third kappa shape index (κ3) is 5.48. The molecule has 1 saturated heterocycles. The average Bonchev–Trinajstić information content (AvgIpc) is 3.10. The van der Waals surface area contributed by atoms with Crippen LogP contribution in [-0.4, -0.2) is 56.9 Å². The van der Waals surface area contributed by atoms with Crippen LogP contribution in [0.15, 0.2) is 10.9 Å². The zero-order valence-electron chi connectivity index (χ0n) is 18.9. The third-order valence-corrected chi connectivity index (χ3v) is 5.13. The van der Waals surface area contributed by atoms with Gasteiger partial charge < -0.3 is 19.4 Å². The summed E-state index contributed by atoms with van der Waals surface area (Å²) < 4.78 is 52.3. The molecule has 0 aromatic carbocycles. The van der Waals surface area contributed by atoms with Crippen LogP contribution in [0.1, 0.15) is 74.6 Å². The second-order valence-electron chi connectivity index (χ2n) is 8.92. The van der Waals surface area contributed by atoms with E-state index < -0.39 is 40.7 Å². The van der Waals surface area contributed by atoms with E-state index in [-0.39, 0.29) is 23.9 Å². The molecule has 182 valence electrons. The number of carbonyl (C=O) groups is 2. The van der Waals surface area contributed by atoms with Gasteiger partial charge in [-0.25, -0.2) is 14.1 Å². The minimum absolute atomic E-state index is 0.0689. The first-order valence-corrected chi connectivity index (χ1v) is 10.7. The lowest BCUT2D eigenvalue weighted by molar-refractivity contribution is -0.141. The molecule has 2 aromatic heterocycles. The van der Waals surface area contributed by atoms with Gasteiger partial charge in [0.2, 0.25) is 0 Å². The molecule has 1 fully saturated rings. The normalized spacial score (nSPS) is 15.7. The number of aromatic nitrogens is 3. The molecular formula is C21H27F3N4O5. The highest BCUT2D eigenvalue weighted by atomic mass is 19.4. The maximum atomic E-state index is 13.7. The molecule has 2 aromatic rings. The van der Waals surface area contributed by atoms with Gasteiger partial charge in [-0.05, 0) is 40.0 Å². The van der Waals surface area contributed by atoms with E-state index in [9.17, 15) is 27.6 Å². The van der Waals surface area contributed by atoms with Gasteiger partial charge in [0.1, 0.15) is 11.2 Å². The quantitative estimate of drug-likeness (QED) is 0.680. The van der Waals surface area contributed by atoms with E-state index in [4.69, 9.17) is 9.47 Å². The van der Waals surface area contributed by atoms with Gasteiger partial charge in [0, 0.05) is 25.1 Å². The van der Waals surface area contributed by atoms with Crippen molar-refractivity contribution in [2.24, 2.45) is 0 Å². The van der Waals surface area contributed by atoms with Crippen molar-refractivity contribution in [3.8, 4) is 0 Å². The molecule has 0 atom stereocenters. The van der Waals surface area contributed by atoms with Crippen LogP contribution in [0.3, 0.4) is 0 Å². The molecule has 9 nitrogen and oxygen atoms in total. The molecular weight excluding hydrogens is 445 g/mol. The number of halogens is 3. The van der Waals surface area contributed by atoms with E-state index in [1.165, 1.54) is 11.0 Å². The summed E-state index contributed by atoms with van der Waals surface area (Å²) in [7, 11) is 0. The van der Waals surface area contributed by atoms with Gasteiger partial charge in [-0.1, -0.05) is 6.92 Å². The summed E-state index contributed by atoms with van der Waals surface area (Å²) in [4.78, 5) is 40.8. The highest BCUT2D eigenvalue weighted by molar-refractivity contribution is 5.97. The van der Waals surface area contributed by atoms with Gasteiger partial charge in [0.05, 0.1) is 12.3 Å². The summed E-state index contributed by atoms with van der Waals surface area (Å²) in [6.07, 6.45) is -4.22. The lowest BCUT2D eigenvalue weighted by atomic mass is 9.93. The van der Waals surface area contributed by atoms with E-state index in [0.717, 1.165) is 4.52 Å². The number of H-pyrrole nitrogens is 1. The molecule has 33 heavy (non-hydrogen) atoms. The van der Waals surface area contributed by atoms with Crippen LogP contribution >= 0.6 is 0 Å². The number of amides is 1. The Morgan fingerprint density at radius 1 is 1.21 bits per heavy atom. The van der Waals surface area contributed by atoms with Gasteiger partial charge in [0.25, 0.3) is 5.56 Å². The molecule has 0 unspecified atom stereocenters. The van der Waals surface area contributed by atoms with Crippen molar-refractivity contribution < 1.29 is 32.2 Å². The number of alkyl halides is 3.